The van der Waals surface area contributed by atoms with Crippen molar-refractivity contribution < 1.29 is 0 Å². The Bertz CT molecular complexity index is 9790. The number of fused-ring (bicyclic) bond motifs is 24. The second kappa shape index (κ2) is 37.4. The van der Waals surface area contributed by atoms with E-state index in [9.17, 15) is 0 Å². The molecule has 4 nitrogen and oxygen atoms in total. The molecule has 0 aromatic heterocycles. The maximum Gasteiger partial charge on any atom is 0.0540 e. The van der Waals surface area contributed by atoms with Gasteiger partial charge in [0.2, 0.25) is 0 Å². The highest BCUT2D eigenvalue weighted by Crippen LogP contribution is 2.51. The van der Waals surface area contributed by atoms with E-state index in [1.54, 1.807) is 0 Å². The van der Waals surface area contributed by atoms with Crippen molar-refractivity contribution in [2.45, 2.75) is 27.7 Å². The fraction of sp³-hybridized carbons (Fsp3) is 0.0286. The molecule has 4 heteroatoms. The summed E-state index contributed by atoms with van der Waals surface area (Å²) < 4.78 is 0. The largest absolute Gasteiger partial charge is 0.310 e. The molecule has 0 saturated carbocycles. The quantitative estimate of drug-likeness (QED) is 0.113. The first-order chi connectivity index (χ1) is 71.1. The Hall–Kier alpha value is -18.5. The van der Waals surface area contributed by atoms with Crippen LogP contribution < -0.4 is 19.6 Å². The number of para-hydroxylation sites is 2. The number of aryl methyl sites for hydroxylation is 4. The lowest BCUT2D eigenvalue weighted by atomic mass is 9.97. The Labute approximate surface area is 837 Å². The molecule has 144 heavy (non-hydrogen) atoms. The molecule has 0 aliphatic carbocycles. The van der Waals surface area contributed by atoms with Crippen LogP contribution in [0.5, 0.6) is 0 Å². The van der Waals surface area contributed by atoms with E-state index in [-0.39, 0.29) is 0 Å². The lowest BCUT2D eigenvalue weighted by molar-refractivity contribution is 1.27. The zero-order valence-electron chi connectivity index (χ0n) is 80.6. The zero-order chi connectivity index (χ0) is 96.2. The lowest BCUT2D eigenvalue weighted by Crippen LogP contribution is -2.12. The first-order valence-electron chi connectivity index (χ1n) is 49.8. The first kappa shape index (κ1) is 87.1. The van der Waals surface area contributed by atoms with E-state index in [1.165, 1.54) is 234 Å². The summed E-state index contributed by atoms with van der Waals surface area (Å²) in [5.41, 5.74) is 19.1. The predicted octanol–water partition coefficient (Wildman–Crippen LogP) is 40.3. The molecule has 0 N–H and O–H groups in total. The van der Waals surface area contributed by atoms with Gasteiger partial charge in [-0.1, -0.05) is 436 Å². The number of benzene rings is 28. The standard InChI is InChI=1S/4C35H25N/c1-24-10-2-7-17-33(24)36(34-18-8-15-29-27-13-5-3-11-25(27)20-22-31(29)34)35-19-9-16-30-28-14-6-4-12-26(28)21-23-32(30)35;1-24-9-2-7-15-34(24)36(28-20-22-31-27(23-28)18-17-25-10-3-5-12-29(25)31)35-16-8-14-32-30-13-6-4-11-26(30)19-21-33(32)35;1-24-8-6-11-28(22-24)36(29-19-21-32-27(23-29)17-16-25-9-2-4-12-30(25)32)35-15-7-14-33-31-13-5-3-10-26(31)18-20-34(33)35;1-24-13-18-28(19-14-24)36(29-20-22-32-27(23-29)16-15-25-7-2-4-9-30(25)32)35-12-6-11-33-31-10-5-3-8-26(31)17-21-34(33)35/h4*2-23H,1H3. The summed E-state index contributed by atoms with van der Waals surface area (Å²) in [6.45, 7) is 8.69. The van der Waals surface area contributed by atoms with Crippen LogP contribution >= 0.6 is 0 Å². The van der Waals surface area contributed by atoms with Crippen LogP contribution in [0.1, 0.15) is 22.3 Å². The highest BCUT2D eigenvalue weighted by atomic mass is 15.2. The van der Waals surface area contributed by atoms with Gasteiger partial charge in [-0.2, -0.15) is 0 Å². The minimum atomic E-state index is 1.15. The van der Waals surface area contributed by atoms with Gasteiger partial charge in [0.25, 0.3) is 0 Å². The molecular weight excluding hydrogens is 1740 g/mol. The molecule has 0 amide bonds. The summed E-state index contributed by atoms with van der Waals surface area (Å²) in [6.07, 6.45) is 0. The van der Waals surface area contributed by atoms with Gasteiger partial charge in [-0.25, -0.2) is 0 Å². The molecule has 680 valence electrons. The van der Waals surface area contributed by atoms with Crippen LogP contribution in [0.3, 0.4) is 0 Å². The van der Waals surface area contributed by atoms with Crippen LogP contribution in [0.25, 0.3) is 172 Å². The van der Waals surface area contributed by atoms with E-state index in [2.05, 4.69) is 581 Å². The molecule has 0 saturated heterocycles. The maximum atomic E-state index is 2.45. The molecule has 0 radical (unpaired) electrons. The zero-order valence-corrected chi connectivity index (χ0v) is 80.6. The average molecular weight is 1840 g/mol. The van der Waals surface area contributed by atoms with Crippen molar-refractivity contribution in [1.29, 1.82) is 0 Å². The van der Waals surface area contributed by atoms with Gasteiger partial charge in [0.1, 0.15) is 0 Å². The monoisotopic (exact) mass is 1840 g/mol. The maximum absolute atomic E-state index is 2.45. The normalized spacial score (nSPS) is 11.5. The third kappa shape index (κ3) is 16.0. The average Bonchev–Trinajstić information content (AvgIpc) is 0.763. The molecule has 0 bridgehead atoms. The second-order valence-corrected chi connectivity index (χ2v) is 38.0. The van der Waals surface area contributed by atoms with Gasteiger partial charge in [0.05, 0.1) is 28.4 Å². The van der Waals surface area contributed by atoms with E-state index in [4.69, 9.17) is 0 Å². The minimum absolute atomic E-state index is 1.15. The van der Waals surface area contributed by atoms with Crippen LogP contribution in [0.2, 0.25) is 0 Å². The predicted molar refractivity (Wildman–Crippen MR) is 624 cm³/mol. The van der Waals surface area contributed by atoms with Crippen LogP contribution in [0, 0.1) is 27.7 Å². The van der Waals surface area contributed by atoms with Crippen molar-refractivity contribution in [3.63, 3.8) is 0 Å². The molecule has 28 aromatic carbocycles. The topological polar surface area (TPSA) is 13.0 Å². The van der Waals surface area contributed by atoms with Gasteiger partial charge < -0.3 is 19.6 Å². The van der Waals surface area contributed by atoms with Crippen molar-refractivity contribution in [3.05, 3.63) is 556 Å². The summed E-state index contributed by atoms with van der Waals surface area (Å²) in [6, 6.07) is 194. The van der Waals surface area contributed by atoms with Crippen LogP contribution in [0.4, 0.5) is 68.2 Å². The second-order valence-electron chi connectivity index (χ2n) is 38.0. The molecular formula is C140H100N4. The van der Waals surface area contributed by atoms with Crippen molar-refractivity contribution in [2.75, 3.05) is 19.6 Å². The Morgan fingerprint density at radius 1 is 0.104 bits per heavy atom. The Kier molecular flexibility index (Phi) is 22.6. The van der Waals surface area contributed by atoms with E-state index >= 15 is 0 Å². The van der Waals surface area contributed by atoms with Crippen LogP contribution in [-0.4, -0.2) is 0 Å². The van der Waals surface area contributed by atoms with Crippen molar-refractivity contribution >= 4 is 241 Å². The molecule has 28 aromatic rings. The van der Waals surface area contributed by atoms with Crippen molar-refractivity contribution in [2.24, 2.45) is 0 Å². The van der Waals surface area contributed by atoms with Crippen LogP contribution in [-0.2, 0) is 0 Å². The third-order valence-corrected chi connectivity index (χ3v) is 29.2. The van der Waals surface area contributed by atoms with E-state index in [0.717, 1.165) is 28.4 Å². The summed E-state index contributed by atoms with van der Waals surface area (Å²) in [5, 5.41) is 40.6. The van der Waals surface area contributed by atoms with E-state index in [0.29, 0.717) is 0 Å². The van der Waals surface area contributed by atoms with Crippen molar-refractivity contribution in [3.8, 4) is 0 Å². The third-order valence-electron chi connectivity index (χ3n) is 29.2. The van der Waals surface area contributed by atoms with Gasteiger partial charge >= 0.3 is 0 Å². The number of anilines is 12. The lowest BCUT2D eigenvalue weighted by Gasteiger charge is -2.29. The van der Waals surface area contributed by atoms with Crippen molar-refractivity contribution in [1.82, 2.24) is 0 Å². The highest BCUT2D eigenvalue weighted by molar-refractivity contribution is 6.21. The van der Waals surface area contributed by atoms with Gasteiger partial charge in [0.15, 0.2) is 0 Å². The number of rotatable bonds is 12. The Morgan fingerprint density at radius 2 is 0.306 bits per heavy atom. The summed E-state index contributed by atoms with van der Waals surface area (Å²) in [7, 11) is 0. The molecule has 0 aliphatic heterocycles. The summed E-state index contributed by atoms with van der Waals surface area (Å²) >= 11 is 0. The smallest absolute Gasteiger partial charge is 0.0540 e. The van der Waals surface area contributed by atoms with Gasteiger partial charge in [0, 0.05) is 66.7 Å². The Morgan fingerprint density at radius 3 is 0.618 bits per heavy atom. The molecule has 0 atom stereocenters. The minimum Gasteiger partial charge on any atom is -0.310 e. The summed E-state index contributed by atoms with van der Waals surface area (Å²) in [5.74, 6) is 0. The first-order valence-corrected chi connectivity index (χ1v) is 49.8. The van der Waals surface area contributed by atoms with Crippen LogP contribution in [0.15, 0.2) is 534 Å². The molecule has 0 unspecified atom stereocenters. The van der Waals surface area contributed by atoms with E-state index in [1.807, 2.05) is 0 Å². The fourth-order valence-electron chi connectivity index (χ4n) is 22.3. The molecule has 0 heterocycles. The molecule has 0 aliphatic rings. The molecule has 0 fully saturated rings. The highest BCUT2D eigenvalue weighted by Gasteiger charge is 2.25. The number of nitrogens with zero attached hydrogens (tertiary/aromatic N) is 4. The number of hydrogen-bond acceptors (Lipinski definition) is 4. The van der Waals surface area contributed by atoms with Gasteiger partial charge in [-0.15, -0.1) is 0 Å². The molecule has 28 rings (SSSR count). The Balaban J connectivity index is 0.000000101. The summed E-state index contributed by atoms with van der Waals surface area (Å²) in [4.78, 5) is 9.66. The van der Waals surface area contributed by atoms with Gasteiger partial charge in [-0.05, 0) is 293 Å². The van der Waals surface area contributed by atoms with Gasteiger partial charge in [-0.3, -0.25) is 0 Å². The fourth-order valence-corrected chi connectivity index (χ4v) is 22.3. The van der Waals surface area contributed by atoms with E-state index < -0.39 is 0 Å². The number of hydrogen-bond donors (Lipinski definition) is 0. The SMILES string of the molecule is Cc1ccc(N(c2ccc3c(ccc4ccccc43)c2)c2cccc3c2ccc2ccccc23)cc1.Cc1cccc(N(c2ccc3c(ccc4ccccc43)c2)c2cccc3c2ccc2ccccc23)c1.Cc1ccccc1N(c1ccc2c(ccc3ccccc32)c1)c1cccc2c1ccc1ccccc12.Cc1ccccc1N(c1cccc2c1ccc1ccccc12)c1cccc2c1ccc1ccccc12. The molecule has 0 spiro atoms.